The number of hydrogen-bond donors (Lipinski definition) is 1. The van der Waals surface area contributed by atoms with Crippen molar-refractivity contribution in [1.82, 2.24) is 4.90 Å². The topological polar surface area (TPSA) is 23.5 Å². The zero-order valence-corrected chi connectivity index (χ0v) is 10.3. The van der Waals surface area contributed by atoms with E-state index in [0.29, 0.717) is 24.5 Å². The van der Waals surface area contributed by atoms with Crippen molar-refractivity contribution in [2.24, 2.45) is 0 Å². The van der Waals surface area contributed by atoms with Crippen molar-refractivity contribution in [3.8, 4) is 0 Å². The monoisotopic (exact) mass is 279 g/mol. The van der Waals surface area contributed by atoms with Gasteiger partial charge in [0.05, 0.1) is 0 Å². The number of halogens is 4. The molecule has 1 aliphatic rings. The Morgan fingerprint density at radius 1 is 1.39 bits per heavy atom. The molecule has 18 heavy (non-hydrogen) atoms. The lowest BCUT2D eigenvalue weighted by Gasteiger charge is -2.31. The molecule has 1 N–H and O–H groups in total. The minimum atomic E-state index is -4.56. The highest BCUT2D eigenvalue weighted by molar-refractivity contribution is 6.31. The van der Waals surface area contributed by atoms with Gasteiger partial charge in [0.25, 0.3) is 0 Å². The highest BCUT2D eigenvalue weighted by Crippen LogP contribution is 2.27. The van der Waals surface area contributed by atoms with Gasteiger partial charge in [0.1, 0.15) is 0 Å². The Balaban J connectivity index is 2.05. The Morgan fingerprint density at radius 3 is 2.78 bits per heavy atom. The van der Waals surface area contributed by atoms with Gasteiger partial charge < -0.3 is 5.11 Å². The maximum absolute atomic E-state index is 12.3. The van der Waals surface area contributed by atoms with Crippen LogP contribution in [0.25, 0.3) is 0 Å². The van der Waals surface area contributed by atoms with E-state index in [9.17, 15) is 13.2 Å². The molecule has 1 aromatic carbocycles. The largest absolute Gasteiger partial charge is 0.415 e. The molecule has 2 nitrogen and oxygen atoms in total. The SMILES string of the molecule is O[C@H](CN1CCc2c(Cl)cccc2C1)C(F)(F)F. The molecule has 0 aliphatic carbocycles. The molecular weight excluding hydrogens is 267 g/mol. The van der Waals surface area contributed by atoms with Crippen LogP contribution in [0.2, 0.25) is 5.02 Å². The Kier molecular flexibility index (Phi) is 3.84. The van der Waals surface area contributed by atoms with Crippen LogP contribution in [-0.2, 0) is 13.0 Å². The van der Waals surface area contributed by atoms with Gasteiger partial charge in [0, 0.05) is 24.7 Å². The van der Waals surface area contributed by atoms with Crippen molar-refractivity contribution < 1.29 is 18.3 Å². The van der Waals surface area contributed by atoms with Crippen LogP contribution < -0.4 is 0 Å². The number of β-amino-alcohol motifs (C(OH)–C–C–N with tert-alkyl or cyclic N) is 1. The summed E-state index contributed by atoms with van der Waals surface area (Å²) < 4.78 is 36.8. The molecule has 0 spiro atoms. The van der Waals surface area contributed by atoms with Gasteiger partial charge in [-0.1, -0.05) is 23.7 Å². The van der Waals surface area contributed by atoms with E-state index in [1.54, 1.807) is 17.0 Å². The molecule has 0 saturated heterocycles. The Hall–Kier alpha value is -0.780. The molecule has 1 atom stereocenters. The van der Waals surface area contributed by atoms with E-state index < -0.39 is 18.8 Å². The maximum Gasteiger partial charge on any atom is 0.415 e. The molecule has 100 valence electrons. The summed E-state index contributed by atoms with van der Waals surface area (Å²) in [5.74, 6) is 0. The molecule has 2 rings (SSSR count). The zero-order chi connectivity index (χ0) is 13.3. The lowest BCUT2D eigenvalue weighted by atomic mass is 9.99. The minimum Gasteiger partial charge on any atom is -0.382 e. The number of alkyl halides is 3. The number of benzene rings is 1. The molecule has 6 heteroatoms. The van der Waals surface area contributed by atoms with Crippen molar-refractivity contribution in [3.05, 3.63) is 34.3 Å². The predicted octanol–water partition coefficient (Wildman–Crippen LogP) is 2.62. The lowest BCUT2D eigenvalue weighted by molar-refractivity contribution is -0.208. The molecule has 1 heterocycles. The van der Waals surface area contributed by atoms with Crippen molar-refractivity contribution in [2.75, 3.05) is 13.1 Å². The van der Waals surface area contributed by atoms with Crippen LogP contribution in [0.4, 0.5) is 13.2 Å². The van der Waals surface area contributed by atoms with E-state index in [2.05, 4.69) is 0 Å². The zero-order valence-electron chi connectivity index (χ0n) is 9.54. The number of fused-ring (bicyclic) bond motifs is 1. The third-order valence-corrected chi connectivity index (χ3v) is 3.45. The predicted molar refractivity (Wildman–Crippen MR) is 62.5 cm³/mol. The number of rotatable bonds is 2. The standard InChI is InChI=1S/C12H13ClF3NO/c13-10-3-1-2-8-6-17(5-4-9(8)10)7-11(18)12(14,15)16/h1-3,11,18H,4-7H2/t11-/m1/s1. The normalized spacial score (nSPS) is 18.5. The molecule has 1 aromatic rings. The van der Waals surface area contributed by atoms with Gasteiger partial charge in [0.15, 0.2) is 6.10 Å². The number of aliphatic hydroxyl groups excluding tert-OH is 1. The summed E-state index contributed by atoms with van der Waals surface area (Å²) in [6, 6.07) is 5.42. The summed E-state index contributed by atoms with van der Waals surface area (Å²) in [6.45, 7) is 0.475. The number of hydrogen-bond acceptors (Lipinski definition) is 2. The van der Waals surface area contributed by atoms with Gasteiger partial charge >= 0.3 is 6.18 Å². The fourth-order valence-corrected chi connectivity index (χ4v) is 2.41. The van der Waals surface area contributed by atoms with Gasteiger partial charge in [-0.3, -0.25) is 4.90 Å². The first-order valence-corrected chi connectivity index (χ1v) is 5.99. The molecule has 0 bridgehead atoms. The van der Waals surface area contributed by atoms with E-state index in [1.807, 2.05) is 6.07 Å². The van der Waals surface area contributed by atoms with E-state index in [1.165, 1.54) is 0 Å². The number of aliphatic hydroxyl groups is 1. The summed E-state index contributed by atoms with van der Waals surface area (Å²) >= 11 is 6.02. The quantitative estimate of drug-likeness (QED) is 0.900. The summed E-state index contributed by atoms with van der Waals surface area (Å²) in [6.07, 6.45) is -6.24. The highest BCUT2D eigenvalue weighted by atomic mass is 35.5. The van der Waals surface area contributed by atoms with Crippen LogP contribution in [0.3, 0.4) is 0 Å². The molecular formula is C12H13ClF3NO. The van der Waals surface area contributed by atoms with E-state index in [-0.39, 0.29) is 0 Å². The average Bonchev–Trinajstić information content (AvgIpc) is 2.28. The van der Waals surface area contributed by atoms with Crippen LogP contribution in [-0.4, -0.2) is 35.4 Å². The first-order valence-electron chi connectivity index (χ1n) is 5.61. The molecule has 0 aromatic heterocycles. The molecule has 1 aliphatic heterocycles. The summed E-state index contributed by atoms with van der Waals surface area (Å²) in [5, 5.41) is 9.70. The fourth-order valence-electron chi connectivity index (χ4n) is 2.13. The first-order chi connectivity index (χ1) is 8.38. The summed E-state index contributed by atoms with van der Waals surface area (Å²) in [5.41, 5.74) is 1.93. The average molecular weight is 280 g/mol. The second kappa shape index (κ2) is 5.07. The van der Waals surface area contributed by atoms with E-state index >= 15 is 0 Å². The van der Waals surface area contributed by atoms with Crippen LogP contribution >= 0.6 is 11.6 Å². The highest BCUT2D eigenvalue weighted by Gasteiger charge is 2.39. The third kappa shape index (κ3) is 2.96. The second-order valence-electron chi connectivity index (χ2n) is 4.42. The second-order valence-corrected chi connectivity index (χ2v) is 4.83. The van der Waals surface area contributed by atoms with Gasteiger partial charge in [-0.05, 0) is 23.6 Å². The molecule has 0 fully saturated rings. The first kappa shape index (κ1) is 13.6. The van der Waals surface area contributed by atoms with Gasteiger partial charge in [0.2, 0.25) is 0 Å². The van der Waals surface area contributed by atoms with Crippen molar-refractivity contribution in [2.45, 2.75) is 25.2 Å². The minimum absolute atomic E-state index is 0.392. The van der Waals surface area contributed by atoms with E-state index in [4.69, 9.17) is 16.7 Å². The van der Waals surface area contributed by atoms with Crippen LogP contribution in [0.5, 0.6) is 0 Å². The smallest absolute Gasteiger partial charge is 0.382 e. The van der Waals surface area contributed by atoms with Crippen molar-refractivity contribution in [3.63, 3.8) is 0 Å². The van der Waals surface area contributed by atoms with Crippen molar-refractivity contribution in [1.29, 1.82) is 0 Å². The van der Waals surface area contributed by atoms with Crippen LogP contribution in [0.15, 0.2) is 18.2 Å². The maximum atomic E-state index is 12.3. The number of nitrogens with zero attached hydrogens (tertiary/aromatic N) is 1. The van der Waals surface area contributed by atoms with Gasteiger partial charge in [-0.2, -0.15) is 13.2 Å². The summed E-state index contributed by atoms with van der Waals surface area (Å²) in [7, 11) is 0. The Bertz CT molecular complexity index is 436. The molecule has 0 amide bonds. The summed E-state index contributed by atoms with van der Waals surface area (Å²) in [4.78, 5) is 1.59. The fraction of sp³-hybridized carbons (Fsp3) is 0.500. The van der Waals surface area contributed by atoms with Crippen LogP contribution in [0, 0.1) is 0 Å². The molecule has 0 radical (unpaired) electrons. The van der Waals surface area contributed by atoms with Crippen molar-refractivity contribution >= 4 is 11.6 Å². The molecule has 0 saturated carbocycles. The lowest BCUT2D eigenvalue weighted by Crippen LogP contribution is -2.42. The van der Waals surface area contributed by atoms with Gasteiger partial charge in [-0.15, -0.1) is 0 Å². The van der Waals surface area contributed by atoms with Crippen LogP contribution in [0.1, 0.15) is 11.1 Å². The molecule has 0 unspecified atom stereocenters. The Labute approximate surface area is 108 Å². The Morgan fingerprint density at radius 2 is 2.11 bits per heavy atom. The van der Waals surface area contributed by atoms with Gasteiger partial charge in [-0.25, -0.2) is 0 Å². The van der Waals surface area contributed by atoms with E-state index in [0.717, 1.165) is 11.1 Å². The third-order valence-electron chi connectivity index (χ3n) is 3.10.